The first-order valence-electron chi connectivity index (χ1n) is 3.55. The van der Waals surface area contributed by atoms with Gasteiger partial charge in [0.2, 0.25) is 0 Å². The highest BCUT2D eigenvalue weighted by molar-refractivity contribution is 9.10. The zero-order valence-electron chi connectivity index (χ0n) is 6.58. The van der Waals surface area contributed by atoms with Crippen LogP contribution in [0.4, 0.5) is 5.82 Å². The lowest BCUT2D eigenvalue weighted by molar-refractivity contribution is 0.981. The number of aryl methyl sites for hydroxylation is 1. The van der Waals surface area contributed by atoms with Gasteiger partial charge in [-0.1, -0.05) is 0 Å². The minimum Gasteiger partial charge on any atom is -0.385 e. The molecule has 0 amide bonds. The first kappa shape index (κ1) is 7.61. The third-order valence-electron chi connectivity index (χ3n) is 1.90. The Morgan fingerprint density at radius 2 is 2.25 bits per heavy atom. The lowest BCUT2D eigenvalue weighted by atomic mass is 10.4. The van der Waals surface area contributed by atoms with E-state index in [1.54, 1.807) is 6.20 Å². The first-order chi connectivity index (χ1) is 5.68. The van der Waals surface area contributed by atoms with Crippen molar-refractivity contribution in [3.8, 4) is 0 Å². The fourth-order valence-electron chi connectivity index (χ4n) is 1.20. The molecular weight excluding hydrogens is 218 g/mol. The molecule has 0 radical (unpaired) electrons. The van der Waals surface area contributed by atoms with Crippen LogP contribution in [0.15, 0.2) is 22.8 Å². The molecule has 0 aliphatic carbocycles. The quantitative estimate of drug-likeness (QED) is 0.745. The van der Waals surface area contributed by atoms with Gasteiger partial charge in [-0.3, -0.25) is 4.98 Å². The summed E-state index contributed by atoms with van der Waals surface area (Å²) >= 11 is 3.36. The Hall–Kier alpha value is -1.03. The van der Waals surface area contributed by atoms with Crippen molar-refractivity contribution >= 4 is 32.8 Å². The predicted octanol–water partition coefficient (Wildman–Crippen LogP) is 1.92. The van der Waals surface area contributed by atoms with E-state index in [-0.39, 0.29) is 0 Å². The third kappa shape index (κ3) is 0.992. The van der Waals surface area contributed by atoms with Crippen LogP contribution in [-0.4, -0.2) is 9.55 Å². The number of anilines is 1. The number of nitrogen functional groups attached to an aromatic ring is 1. The van der Waals surface area contributed by atoms with Crippen molar-refractivity contribution < 1.29 is 0 Å². The fraction of sp³-hybridized carbons (Fsp3) is 0.125. The van der Waals surface area contributed by atoms with Crippen LogP contribution in [0.5, 0.6) is 0 Å². The van der Waals surface area contributed by atoms with Gasteiger partial charge in [-0.25, -0.2) is 0 Å². The number of rotatable bonds is 0. The molecule has 62 valence electrons. The zero-order chi connectivity index (χ0) is 8.72. The van der Waals surface area contributed by atoms with Gasteiger partial charge in [0.05, 0.1) is 11.0 Å². The smallest absolute Gasteiger partial charge is 0.105 e. The lowest BCUT2D eigenvalue weighted by Crippen LogP contribution is -1.94. The summed E-state index contributed by atoms with van der Waals surface area (Å²) in [5, 5.41) is 0. The second-order valence-corrected chi connectivity index (χ2v) is 3.60. The van der Waals surface area contributed by atoms with Gasteiger partial charge in [0, 0.05) is 23.8 Å². The topological polar surface area (TPSA) is 43.8 Å². The maximum atomic E-state index is 5.71. The van der Waals surface area contributed by atoms with E-state index >= 15 is 0 Å². The molecule has 0 saturated heterocycles. The molecule has 2 aromatic rings. The van der Waals surface area contributed by atoms with Crippen LogP contribution in [0.3, 0.4) is 0 Å². The van der Waals surface area contributed by atoms with E-state index in [4.69, 9.17) is 5.73 Å². The summed E-state index contributed by atoms with van der Waals surface area (Å²) in [6, 6.07) is 3.86. The van der Waals surface area contributed by atoms with Crippen LogP contribution in [0.25, 0.3) is 11.0 Å². The van der Waals surface area contributed by atoms with Crippen molar-refractivity contribution in [2.75, 3.05) is 5.73 Å². The van der Waals surface area contributed by atoms with Gasteiger partial charge in [-0.2, -0.15) is 0 Å². The van der Waals surface area contributed by atoms with Gasteiger partial charge < -0.3 is 10.3 Å². The number of hydrogen-bond donors (Lipinski definition) is 1. The summed E-state index contributed by atoms with van der Waals surface area (Å²) in [6.07, 6.45) is 1.77. The van der Waals surface area contributed by atoms with Gasteiger partial charge in [-0.15, -0.1) is 0 Å². The molecular formula is C8H8BrN3. The minimum absolute atomic E-state index is 0.732. The second-order valence-electron chi connectivity index (χ2n) is 2.69. The van der Waals surface area contributed by atoms with Gasteiger partial charge in [-0.05, 0) is 22.0 Å². The molecule has 0 spiro atoms. The average molecular weight is 226 g/mol. The molecule has 0 aliphatic heterocycles. The summed E-state index contributed by atoms with van der Waals surface area (Å²) in [6.45, 7) is 0. The van der Waals surface area contributed by atoms with E-state index in [9.17, 15) is 0 Å². The molecule has 0 atom stereocenters. The Morgan fingerprint density at radius 1 is 1.50 bits per heavy atom. The highest BCUT2D eigenvalue weighted by atomic mass is 79.9. The normalized spacial score (nSPS) is 10.8. The summed E-state index contributed by atoms with van der Waals surface area (Å²) in [5.41, 5.74) is 7.68. The summed E-state index contributed by atoms with van der Waals surface area (Å²) in [7, 11) is 1.92. The van der Waals surface area contributed by atoms with Crippen molar-refractivity contribution in [1.29, 1.82) is 0 Å². The van der Waals surface area contributed by atoms with E-state index < -0.39 is 0 Å². The van der Waals surface area contributed by atoms with E-state index in [1.807, 2.05) is 23.7 Å². The standard InChI is InChI=1S/C8H8BrN3/c1-12-7-2-5(9)4-11-6(7)3-8(12)10/h2-4H,10H2,1H3. The lowest BCUT2D eigenvalue weighted by Gasteiger charge is -1.97. The van der Waals surface area contributed by atoms with Crippen molar-refractivity contribution in [3.05, 3.63) is 22.8 Å². The minimum atomic E-state index is 0.732. The molecule has 0 aliphatic rings. The molecule has 2 rings (SSSR count). The van der Waals surface area contributed by atoms with Crippen LogP contribution in [-0.2, 0) is 7.05 Å². The monoisotopic (exact) mass is 225 g/mol. The number of fused-ring (bicyclic) bond motifs is 1. The molecule has 2 aromatic heterocycles. The predicted molar refractivity (Wildman–Crippen MR) is 52.8 cm³/mol. The summed E-state index contributed by atoms with van der Waals surface area (Å²) < 4.78 is 2.88. The van der Waals surface area contributed by atoms with Crippen molar-refractivity contribution in [1.82, 2.24) is 9.55 Å². The Morgan fingerprint density at radius 3 is 3.00 bits per heavy atom. The maximum absolute atomic E-state index is 5.71. The summed E-state index contributed by atoms with van der Waals surface area (Å²) in [5.74, 6) is 0.732. The molecule has 2 N–H and O–H groups in total. The molecule has 12 heavy (non-hydrogen) atoms. The SMILES string of the molecule is Cn1c(N)cc2ncc(Br)cc21. The molecule has 0 aromatic carbocycles. The molecule has 2 heterocycles. The van der Waals surface area contributed by atoms with Crippen molar-refractivity contribution in [3.63, 3.8) is 0 Å². The first-order valence-corrected chi connectivity index (χ1v) is 4.34. The fourth-order valence-corrected chi connectivity index (χ4v) is 1.51. The van der Waals surface area contributed by atoms with Crippen LogP contribution in [0.1, 0.15) is 0 Å². The van der Waals surface area contributed by atoms with Crippen LogP contribution in [0, 0.1) is 0 Å². The van der Waals surface area contributed by atoms with Crippen molar-refractivity contribution in [2.45, 2.75) is 0 Å². The highest BCUT2D eigenvalue weighted by Crippen LogP contribution is 2.21. The maximum Gasteiger partial charge on any atom is 0.105 e. The third-order valence-corrected chi connectivity index (χ3v) is 2.33. The molecule has 3 nitrogen and oxygen atoms in total. The Labute approximate surface area is 78.3 Å². The number of aromatic nitrogens is 2. The molecule has 0 bridgehead atoms. The molecule has 0 unspecified atom stereocenters. The molecule has 0 fully saturated rings. The zero-order valence-corrected chi connectivity index (χ0v) is 8.17. The number of nitrogens with zero attached hydrogens (tertiary/aromatic N) is 2. The Kier molecular flexibility index (Phi) is 1.58. The molecule has 4 heteroatoms. The largest absolute Gasteiger partial charge is 0.385 e. The van der Waals surface area contributed by atoms with Crippen LogP contribution >= 0.6 is 15.9 Å². The second kappa shape index (κ2) is 2.48. The number of pyridine rings is 1. The van der Waals surface area contributed by atoms with Crippen molar-refractivity contribution in [2.24, 2.45) is 7.05 Å². The van der Waals surface area contributed by atoms with Gasteiger partial charge in [0.25, 0.3) is 0 Å². The van der Waals surface area contributed by atoms with Gasteiger partial charge in [0.15, 0.2) is 0 Å². The van der Waals surface area contributed by atoms with E-state index in [2.05, 4.69) is 20.9 Å². The van der Waals surface area contributed by atoms with Crippen LogP contribution in [0.2, 0.25) is 0 Å². The van der Waals surface area contributed by atoms with Gasteiger partial charge in [0.1, 0.15) is 5.82 Å². The number of halogens is 1. The van der Waals surface area contributed by atoms with E-state index in [1.165, 1.54) is 0 Å². The van der Waals surface area contributed by atoms with E-state index in [0.717, 1.165) is 21.3 Å². The van der Waals surface area contributed by atoms with Crippen LogP contribution < -0.4 is 5.73 Å². The highest BCUT2D eigenvalue weighted by Gasteiger charge is 2.03. The summed E-state index contributed by atoms with van der Waals surface area (Å²) in [4.78, 5) is 4.21. The Bertz CT molecular complexity index is 433. The van der Waals surface area contributed by atoms with Gasteiger partial charge >= 0.3 is 0 Å². The Balaban J connectivity index is 2.88. The number of hydrogen-bond acceptors (Lipinski definition) is 2. The average Bonchev–Trinajstić information content (AvgIpc) is 2.31. The van der Waals surface area contributed by atoms with E-state index in [0.29, 0.717) is 0 Å². The number of nitrogens with two attached hydrogens (primary N) is 1. The molecule has 0 saturated carbocycles.